The molecule has 1 aliphatic carbocycles. The number of carbonyl (C=O) groups excluding carboxylic acids is 1. The number of hydrogen-bond acceptors (Lipinski definition) is 2. The summed E-state index contributed by atoms with van der Waals surface area (Å²) >= 11 is 0. The van der Waals surface area contributed by atoms with Crippen LogP contribution in [0, 0.1) is 5.92 Å². The summed E-state index contributed by atoms with van der Waals surface area (Å²) in [6.07, 6.45) is -4.17. The molecule has 0 saturated heterocycles. The zero-order valence-electron chi connectivity index (χ0n) is 19.0. The lowest BCUT2D eigenvalue weighted by molar-refractivity contribution is -0.171. The van der Waals surface area contributed by atoms with Gasteiger partial charge in [-0.3, -0.25) is 4.79 Å². The Morgan fingerprint density at radius 1 is 1.00 bits per heavy atom. The Morgan fingerprint density at radius 2 is 1.58 bits per heavy atom. The van der Waals surface area contributed by atoms with Crippen LogP contribution >= 0.6 is 0 Å². The van der Waals surface area contributed by atoms with Crippen LogP contribution in [0.4, 0.5) is 26.3 Å². The topological polar surface area (TPSA) is 38.1 Å². The summed E-state index contributed by atoms with van der Waals surface area (Å²) in [5.74, 6) is -0.0755. The van der Waals surface area contributed by atoms with Crippen LogP contribution in [0.1, 0.15) is 69.1 Å². The number of carbonyl (C=O) groups is 1. The molecule has 1 heterocycles. The predicted molar refractivity (Wildman–Crippen MR) is 113 cm³/mol. The molecule has 1 saturated carbocycles. The Bertz CT molecular complexity index is 965. The quantitative estimate of drug-likeness (QED) is 0.462. The highest BCUT2D eigenvalue weighted by atomic mass is 19.4. The molecule has 0 bridgehead atoms. The first-order valence-electron chi connectivity index (χ1n) is 11.1. The van der Waals surface area contributed by atoms with E-state index in [2.05, 4.69) is 9.55 Å². The van der Waals surface area contributed by atoms with Crippen LogP contribution in [-0.4, -0.2) is 45.8 Å². The highest BCUT2D eigenvalue weighted by Crippen LogP contribution is 2.32. The number of imidazole rings is 1. The van der Waals surface area contributed by atoms with Crippen molar-refractivity contribution in [3.8, 4) is 0 Å². The van der Waals surface area contributed by atoms with Crippen molar-refractivity contribution in [1.29, 1.82) is 0 Å². The number of hydrogen-bond donors (Lipinski definition) is 0. The van der Waals surface area contributed by atoms with E-state index in [1.54, 1.807) is 6.07 Å². The first-order valence-corrected chi connectivity index (χ1v) is 11.1. The molecule has 1 amide bonds. The van der Waals surface area contributed by atoms with E-state index >= 15 is 0 Å². The van der Waals surface area contributed by atoms with Gasteiger partial charge in [-0.2, -0.15) is 26.3 Å². The fourth-order valence-corrected chi connectivity index (χ4v) is 4.46. The molecule has 10 heteroatoms. The molecule has 33 heavy (non-hydrogen) atoms. The largest absolute Gasteiger partial charge is 0.406 e. The van der Waals surface area contributed by atoms with Gasteiger partial charge in [0.2, 0.25) is 0 Å². The monoisotopic (exact) mass is 477 g/mol. The standard InChI is InChI=1S/C23H29F6N3O/c1-21(2,3)20-30-17-11-16(19(33)31(13-22(24,25)26)14-23(27,28)29)9-10-18(17)32(20)12-15-7-5-4-6-8-15/h9-11,15H,4-8,12-14H2,1-3H3. The van der Waals surface area contributed by atoms with Crippen molar-refractivity contribution in [2.45, 2.75) is 77.2 Å². The zero-order valence-corrected chi connectivity index (χ0v) is 19.0. The summed E-state index contributed by atoms with van der Waals surface area (Å²) in [6, 6.07) is 4.16. The Balaban J connectivity index is 1.98. The third-order valence-electron chi connectivity index (χ3n) is 5.86. The molecule has 0 spiro atoms. The van der Waals surface area contributed by atoms with Gasteiger partial charge in [-0.1, -0.05) is 40.0 Å². The van der Waals surface area contributed by atoms with Crippen LogP contribution in [-0.2, 0) is 12.0 Å². The SMILES string of the molecule is CC(C)(C)c1nc2cc(C(=O)N(CC(F)(F)F)CC(F)(F)F)ccc2n1CC1CCCCC1. The van der Waals surface area contributed by atoms with Gasteiger partial charge in [-0.25, -0.2) is 4.98 Å². The maximum Gasteiger partial charge on any atom is 0.406 e. The fraction of sp³-hybridized carbons (Fsp3) is 0.652. The van der Waals surface area contributed by atoms with Crippen LogP contribution < -0.4 is 0 Å². The molecule has 0 unspecified atom stereocenters. The number of fused-ring (bicyclic) bond motifs is 1. The lowest BCUT2D eigenvalue weighted by atomic mass is 9.88. The molecule has 2 aromatic rings. The molecular formula is C23H29F6N3O. The van der Waals surface area contributed by atoms with Crippen LogP contribution in [0.5, 0.6) is 0 Å². The van der Waals surface area contributed by atoms with Gasteiger partial charge in [-0.05, 0) is 37.0 Å². The van der Waals surface area contributed by atoms with E-state index in [0.29, 0.717) is 11.4 Å². The molecule has 1 aromatic heterocycles. The number of alkyl halides is 6. The van der Waals surface area contributed by atoms with Crippen molar-refractivity contribution in [2.24, 2.45) is 5.92 Å². The first kappa shape index (κ1) is 25.4. The van der Waals surface area contributed by atoms with Gasteiger partial charge in [0.25, 0.3) is 5.91 Å². The molecule has 0 aliphatic heterocycles. The molecule has 1 fully saturated rings. The lowest BCUT2D eigenvalue weighted by Crippen LogP contribution is -2.44. The van der Waals surface area contributed by atoms with Gasteiger partial charge in [0.05, 0.1) is 11.0 Å². The van der Waals surface area contributed by atoms with E-state index in [4.69, 9.17) is 0 Å². The van der Waals surface area contributed by atoms with Crippen molar-refractivity contribution in [2.75, 3.05) is 13.1 Å². The van der Waals surface area contributed by atoms with E-state index < -0.39 is 31.3 Å². The summed E-state index contributed by atoms with van der Waals surface area (Å²) in [4.78, 5) is 17.1. The minimum atomic E-state index is -4.95. The average Bonchev–Trinajstić information content (AvgIpc) is 3.03. The minimum Gasteiger partial charge on any atom is -0.327 e. The number of amides is 1. The number of rotatable bonds is 5. The second kappa shape index (κ2) is 9.18. The smallest absolute Gasteiger partial charge is 0.327 e. The molecule has 4 nitrogen and oxygen atoms in total. The molecule has 1 aliphatic rings. The predicted octanol–water partition coefficient (Wildman–Crippen LogP) is 6.48. The van der Waals surface area contributed by atoms with Crippen LogP contribution in [0.2, 0.25) is 0 Å². The Morgan fingerprint density at radius 3 is 2.09 bits per heavy atom. The average molecular weight is 477 g/mol. The van der Waals surface area contributed by atoms with Gasteiger partial charge >= 0.3 is 12.4 Å². The number of aromatic nitrogens is 2. The van der Waals surface area contributed by atoms with E-state index in [1.807, 2.05) is 20.8 Å². The van der Waals surface area contributed by atoms with Crippen LogP contribution in [0.3, 0.4) is 0 Å². The van der Waals surface area contributed by atoms with Gasteiger partial charge in [0.15, 0.2) is 0 Å². The summed E-state index contributed by atoms with van der Waals surface area (Å²) in [5.41, 5.74) is 0.524. The van der Waals surface area contributed by atoms with E-state index in [0.717, 1.165) is 43.6 Å². The highest BCUT2D eigenvalue weighted by Gasteiger charge is 2.40. The molecular weight excluding hydrogens is 448 g/mol. The Labute approximate surface area is 188 Å². The van der Waals surface area contributed by atoms with Crippen molar-refractivity contribution in [3.05, 3.63) is 29.6 Å². The second-order valence-corrected chi connectivity index (χ2v) is 9.90. The normalized spacial score (nSPS) is 16.4. The molecule has 184 valence electrons. The minimum absolute atomic E-state index is 0.217. The number of benzene rings is 1. The highest BCUT2D eigenvalue weighted by molar-refractivity contribution is 5.97. The third kappa shape index (κ3) is 6.63. The van der Waals surface area contributed by atoms with Crippen molar-refractivity contribution in [1.82, 2.24) is 14.5 Å². The van der Waals surface area contributed by atoms with Crippen LogP contribution in [0.15, 0.2) is 18.2 Å². The molecule has 1 aromatic carbocycles. The summed E-state index contributed by atoms with van der Waals surface area (Å²) < 4.78 is 79.1. The second-order valence-electron chi connectivity index (χ2n) is 9.90. The summed E-state index contributed by atoms with van der Waals surface area (Å²) in [7, 11) is 0. The van der Waals surface area contributed by atoms with Crippen molar-refractivity contribution >= 4 is 16.9 Å². The van der Waals surface area contributed by atoms with Gasteiger partial charge in [-0.15, -0.1) is 0 Å². The maximum atomic E-state index is 12.8. The van der Waals surface area contributed by atoms with Crippen molar-refractivity contribution in [3.63, 3.8) is 0 Å². The lowest BCUT2D eigenvalue weighted by Gasteiger charge is -2.26. The summed E-state index contributed by atoms with van der Waals surface area (Å²) in [6.45, 7) is 2.76. The summed E-state index contributed by atoms with van der Waals surface area (Å²) in [5, 5.41) is 0. The molecule has 3 rings (SSSR count). The van der Waals surface area contributed by atoms with E-state index in [9.17, 15) is 31.1 Å². The molecule has 0 atom stereocenters. The Hall–Kier alpha value is -2.26. The van der Waals surface area contributed by atoms with Crippen LogP contribution in [0.25, 0.3) is 11.0 Å². The Kier molecular flexibility index (Phi) is 7.05. The first-order chi connectivity index (χ1) is 15.1. The number of halogens is 6. The van der Waals surface area contributed by atoms with E-state index in [1.165, 1.54) is 18.6 Å². The fourth-order valence-electron chi connectivity index (χ4n) is 4.46. The van der Waals surface area contributed by atoms with Gasteiger partial charge < -0.3 is 9.47 Å². The number of nitrogens with zero attached hydrogens (tertiary/aromatic N) is 3. The van der Waals surface area contributed by atoms with Crippen molar-refractivity contribution < 1.29 is 31.1 Å². The molecule has 0 N–H and O–H groups in total. The van der Waals surface area contributed by atoms with Gasteiger partial charge in [0.1, 0.15) is 18.9 Å². The third-order valence-corrected chi connectivity index (χ3v) is 5.86. The zero-order chi connectivity index (χ0) is 24.6. The maximum absolute atomic E-state index is 12.8. The van der Waals surface area contributed by atoms with Gasteiger partial charge in [0, 0.05) is 17.5 Å². The molecule has 0 radical (unpaired) electrons. The van der Waals surface area contributed by atoms with E-state index in [-0.39, 0.29) is 15.9 Å².